The number of methoxy groups -OCH3 is 1. The third-order valence-corrected chi connectivity index (χ3v) is 4.29. The van der Waals surface area contributed by atoms with Crippen molar-refractivity contribution >= 4 is 27.7 Å². The number of benzene rings is 1. The summed E-state index contributed by atoms with van der Waals surface area (Å²) < 4.78 is 8.00. The van der Waals surface area contributed by atoms with Gasteiger partial charge < -0.3 is 4.74 Å². The Morgan fingerprint density at radius 2 is 2.30 bits per heavy atom. The molecule has 0 atom stereocenters. The fourth-order valence-corrected chi connectivity index (χ4v) is 3.20. The molecule has 0 saturated heterocycles. The number of nitrogens with zero attached hydrogens (tertiary/aromatic N) is 2. The van der Waals surface area contributed by atoms with Gasteiger partial charge >= 0.3 is 5.69 Å². The lowest BCUT2D eigenvalue weighted by atomic mass is 10.2. The molecular formula is C13H16BrN3O2S. The first-order chi connectivity index (χ1) is 9.65. The first-order valence-corrected chi connectivity index (χ1v) is 8.04. The van der Waals surface area contributed by atoms with Crippen molar-refractivity contribution in [1.29, 1.82) is 0 Å². The molecule has 0 spiro atoms. The van der Waals surface area contributed by atoms with Crippen LogP contribution in [0, 0.1) is 0 Å². The van der Waals surface area contributed by atoms with Crippen molar-refractivity contribution in [2.24, 2.45) is 0 Å². The first-order valence-electron chi connectivity index (χ1n) is 6.26. The molecule has 1 heterocycles. The predicted octanol–water partition coefficient (Wildman–Crippen LogP) is 3.04. The lowest BCUT2D eigenvalue weighted by Gasteiger charge is -2.09. The van der Waals surface area contributed by atoms with Crippen LogP contribution in [0.3, 0.4) is 0 Å². The van der Waals surface area contributed by atoms with Gasteiger partial charge in [-0.05, 0) is 24.6 Å². The summed E-state index contributed by atoms with van der Waals surface area (Å²) in [6.07, 6.45) is 0.896. The molecule has 0 aliphatic rings. The molecule has 0 aliphatic heterocycles. The Hall–Kier alpha value is -1.21. The molecule has 1 aromatic carbocycles. The monoisotopic (exact) mass is 357 g/mol. The van der Waals surface area contributed by atoms with E-state index in [1.807, 2.05) is 25.1 Å². The molecule has 5 nitrogen and oxygen atoms in total. The van der Waals surface area contributed by atoms with Crippen LogP contribution in [-0.2, 0) is 12.3 Å². The van der Waals surface area contributed by atoms with Crippen LogP contribution in [-0.4, -0.2) is 21.9 Å². The second-order valence-corrected chi connectivity index (χ2v) is 6.07. The van der Waals surface area contributed by atoms with Crippen molar-refractivity contribution in [3.8, 4) is 5.75 Å². The average Bonchev–Trinajstić information content (AvgIpc) is 2.78. The predicted molar refractivity (Wildman–Crippen MR) is 83.4 cm³/mol. The summed E-state index contributed by atoms with van der Waals surface area (Å²) in [6.45, 7) is 2.71. The summed E-state index contributed by atoms with van der Waals surface area (Å²) in [5.74, 6) is 1.53. The highest BCUT2D eigenvalue weighted by Gasteiger charge is 2.10. The van der Waals surface area contributed by atoms with Gasteiger partial charge in [0.05, 0.1) is 7.11 Å². The van der Waals surface area contributed by atoms with Gasteiger partial charge in [-0.3, -0.25) is 4.57 Å². The van der Waals surface area contributed by atoms with E-state index in [0.717, 1.165) is 22.2 Å². The molecule has 0 radical (unpaired) electrons. The molecule has 108 valence electrons. The minimum absolute atomic E-state index is 0.157. The van der Waals surface area contributed by atoms with Gasteiger partial charge in [-0.1, -0.05) is 34.6 Å². The van der Waals surface area contributed by atoms with Gasteiger partial charge in [-0.25, -0.2) is 9.89 Å². The minimum Gasteiger partial charge on any atom is -0.496 e. The van der Waals surface area contributed by atoms with Crippen molar-refractivity contribution in [2.75, 3.05) is 7.11 Å². The molecule has 0 amide bonds. The van der Waals surface area contributed by atoms with Crippen LogP contribution in [0.25, 0.3) is 0 Å². The van der Waals surface area contributed by atoms with Gasteiger partial charge in [0, 0.05) is 22.3 Å². The van der Waals surface area contributed by atoms with E-state index in [9.17, 15) is 4.79 Å². The maximum Gasteiger partial charge on any atom is 0.343 e. The van der Waals surface area contributed by atoms with E-state index in [2.05, 4.69) is 26.1 Å². The zero-order valence-electron chi connectivity index (χ0n) is 11.4. The van der Waals surface area contributed by atoms with Crippen LogP contribution in [0.15, 0.2) is 32.6 Å². The van der Waals surface area contributed by atoms with E-state index < -0.39 is 0 Å². The molecule has 20 heavy (non-hydrogen) atoms. The number of H-pyrrole nitrogens is 1. The Morgan fingerprint density at radius 3 is 3.00 bits per heavy atom. The summed E-state index contributed by atoms with van der Waals surface area (Å²) in [4.78, 5) is 11.6. The van der Waals surface area contributed by atoms with Crippen molar-refractivity contribution in [3.63, 3.8) is 0 Å². The normalized spacial score (nSPS) is 10.8. The van der Waals surface area contributed by atoms with E-state index in [4.69, 9.17) is 4.74 Å². The van der Waals surface area contributed by atoms with Crippen molar-refractivity contribution in [2.45, 2.75) is 30.8 Å². The summed E-state index contributed by atoms with van der Waals surface area (Å²) >= 11 is 4.97. The quantitative estimate of drug-likeness (QED) is 0.807. The van der Waals surface area contributed by atoms with Crippen molar-refractivity contribution in [3.05, 3.63) is 38.7 Å². The zero-order valence-corrected chi connectivity index (χ0v) is 13.8. The summed E-state index contributed by atoms with van der Waals surface area (Å²) in [6, 6.07) is 5.87. The van der Waals surface area contributed by atoms with Crippen LogP contribution >= 0.6 is 27.7 Å². The number of thioether (sulfide) groups is 1. The van der Waals surface area contributed by atoms with Crippen LogP contribution in [0.2, 0.25) is 0 Å². The maximum atomic E-state index is 11.6. The molecule has 0 fully saturated rings. The van der Waals surface area contributed by atoms with Gasteiger partial charge in [-0.2, -0.15) is 0 Å². The number of nitrogens with one attached hydrogen (secondary N) is 1. The fourth-order valence-electron chi connectivity index (χ4n) is 1.84. The van der Waals surface area contributed by atoms with Gasteiger partial charge in [0.15, 0.2) is 5.16 Å². The average molecular weight is 358 g/mol. The fraction of sp³-hybridized carbons (Fsp3) is 0.385. The summed E-state index contributed by atoms with van der Waals surface area (Å²) in [5.41, 5.74) is 0.904. The molecule has 0 unspecified atom stereocenters. The molecular weight excluding hydrogens is 342 g/mol. The second-order valence-electron chi connectivity index (χ2n) is 4.21. The highest BCUT2D eigenvalue weighted by atomic mass is 79.9. The maximum absolute atomic E-state index is 11.6. The standard InChI is InChI=1S/C13H16BrN3O2S/c1-3-6-17-12(18)15-16-13(17)20-8-9-7-10(14)4-5-11(9)19-2/h4-5,7H,3,6,8H2,1-2H3,(H,15,18). The van der Waals surface area contributed by atoms with Gasteiger partial charge in [0.25, 0.3) is 0 Å². The Balaban J connectivity index is 2.16. The highest BCUT2D eigenvalue weighted by Crippen LogP contribution is 2.29. The van der Waals surface area contributed by atoms with E-state index >= 15 is 0 Å². The topological polar surface area (TPSA) is 59.9 Å². The number of hydrogen-bond donors (Lipinski definition) is 1. The second kappa shape index (κ2) is 6.99. The molecule has 0 saturated carbocycles. The molecule has 1 aromatic heterocycles. The van der Waals surface area contributed by atoms with E-state index in [1.165, 1.54) is 11.8 Å². The third-order valence-electron chi connectivity index (χ3n) is 2.77. The Kier molecular flexibility index (Phi) is 5.31. The zero-order chi connectivity index (χ0) is 14.5. The van der Waals surface area contributed by atoms with Crippen molar-refractivity contribution < 1.29 is 4.74 Å². The minimum atomic E-state index is -0.157. The van der Waals surface area contributed by atoms with E-state index in [0.29, 0.717) is 17.5 Å². The highest BCUT2D eigenvalue weighted by molar-refractivity contribution is 9.10. The van der Waals surface area contributed by atoms with E-state index in [-0.39, 0.29) is 5.69 Å². The molecule has 2 aromatic rings. The molecule has 0 bridgehead atoms. The summed E-state index contributed by atoms with van der Waals surface area (Å²) in [7, 11) is 1.65. The largest absolute Gasteiger partial charge is 0.496 e. The number of ether oxygens (including phenoxy) is 1. The van der Waals surface area contributed by atoms with Crippen LogP contribution in [0.5, 0.6) is 5.75 Å². The Morgan fingerprint density at radius 1 is 1.50 bits per heavy atom. The lowest BCUT2D eigenvalue weighted by Crippen LogP contribution is -2.17. The van der Waals surface area contributed by atoms with Crippen molar-refractivity contribution in [1.82, 2.24) is 14.8 Å². The number of aromatic nitrogens is 3. The SMILES string of the molecule is CCCn1c(SCc2cc(Br)ccc2OC)n[nH]c1=O. The molecule has 7 heteroatoms. The number of rotatable bonds is 6. The van der Waals surface area contributed by atoms with Crippen LogP contribution in [0.1, 0.15) is 18.9 Å². The number of aromatic amines is 1. The molecule has 0 aliphatic carbocycles. The van der Waals surface area contributed by atoms with E-state index in [1.54, 1.807) is 11.7 Å². The lowest BCUT2D eigenvalue weighted by molar-refractivity contribution is 0.411. The Labute approximate surface area is 129 Å². The Bertz CT molecular complexity index is 639. The smallest absolute Gasteiger partial charge is 0.343 e. The van der Waals surface area contributed by atoms with Gasteiger partial charge in [0.2, 0.25) is 0 Å². The summed E-state index contributed by atoms with van der Waals surface area (Å²) in [5, 5.41) is 7.26. The van der Waals surface area contributed by atoms with Gasteiger partial charge in [0.1, 0.15) is 5.75 Å². The van der Waals surface area contributed by atoms with Gasteiger partial charge in [-0.15, -0.1) is 5.10 Å². The number of hydrogen-bond acceptors (Lipinski definition) is 4. The third kappa shape index (κ3) is 3.46. The number of halogens is 1. The van der Waals surface area contributed by atoms with Crippen LogP contribution in [0.4, 0.5) is 0 Å². The molecule has 2 rings (SSSR count). The molecule has 1 N–H and O–H groups in total. The first kappa shape index (κ1) is 15.2. The van der Waals surface area contributed by atoms with Crippen LogP contribution < -0.4 is 10.4 Å².